The molecule has 0 saturated carbocycles. The van der Waals surface area contributed by atoms with Crippen molar-refractivity contribution in [2.24, 2.45) is 5.73 Å². The van der Waals surface area contributed by atoms with Crippen LogP contribution in [0.3, 0.4) is 0 Å². The SMILES string of the molecule is CC(C)c1ncc(C(C)CCN)s1. The number of aromatic nitrogens is 1. The molecule has 0 aliphatic carbocycles. The molecule has 1 unspecified atom stereocenters. The summed E-state index contributed by atoms with van der Waals surface area (Å²) in [4.78, 5) is 5.77. The van der Waals surface area contributed by atoms with E-state index >= 15 is 0 Å². The number of thiazole rings is 1. The van der Waals surface area contributed by atoms with Crippen molar-refractivity contribution in [1.29, 1.82) is 0 Å². The molecular formula is C10H18N2S. The van der Waals surface area contributed by atoms with Crippen molar-refractivity contribution < 1.29 is 0 Å². The van der Waals surface area contributed by atoms with Crippen LogP contribution in [-0.2, 0) is 0 Å². The highest BCUT2D eigenvalue weighted by Gasteiger charge is 2.10. The lowest BCUT2D eigenvalue weighted by Gasteiger charge is -2.05. The Kier molecular flexibility index (Phi) is 3.88. The van der Waals surface area contributed by atoms with Crippen molar-refractivity contribution in [2.75, 3.05) is 6.54 Å². The van der Waals surface area contributed by atoms with Gasteiger partial charge in [-0.15, -0.1) is 11.3 Å². The predicted octanol–water partition coefficient (Wildman–Crippen LogP) is 2.72. The minimum atomic E-state index is 0.545. The molecule has 1 aromatic heterocycles. The van der Waals surface area contributed by atoms with Crippen molar-refractivity contribution in [2.45, 2.75) is 39.0 Å². The van der Waals surface area contributed by atoms with Gasteiger partial charge in [-0.05, 0) is 18.9 Å². The Balaban J connectivity index is 2.67. The average molecular weight is 198 g/mol. The molecular weight excluding hydrogens is 180 g/mol. The number of nitrogens with two attached hydrogens (primary N) is 1. The molecule has 1 aromatic rings. The molecule has 0 radical (unpaired) electrons. The zero-order valence-corrected chi connectivity index (χ0v) is 9.40. The Hall–Kier alpha value is -0.410. The van der Waals surface area contributed by atoms with Crippen molar-refractivity contribution >= 4 is 11.3 Å². The summed E-state index contributed by atoms with van der Waals surface area (Å²) in [5.74, 6) is 1.11. The maximum atomic E-state index is 5.52. The summed E-state index contributed by atoms with van der Waals surface area (Å²) < 4.78 is 0. The molecule has 1 rings (SSSR count). The Labute approximate surface area is 84.2 Å². The quantitative estimate of drug-likeness (QED) is 0.808. The zero-order chi connectivity index (χ0) is 9.84. The van der Waals surface area contributed by atoms with Crippen LogP contribution in [0.2, 0.25) is 0 Å². The molecule has 13 heavy (non-hydrogen) atoms. The molecule has 1 atom stereocenters. The van der Waals surface area contributed by atoms with Gasteiger partial charge in [0.1, 0.15) is 0 Å². The van der Waals surface area contributed by atoms with E-state index in [1.807, 2.05) is 17.5 Å². The van der Waals surface area contributed by atoms with Crippen LogP contribution in [0, 0.1) is 0 Å². The van der Waals surface area contributed by atoms with Crippen LogP contribution in [-0.4, -0.2) is 11.5 Å². The highest BCUT2D eigenvalue weighted by molar-refractivity contribution is 7.11. The first-order chi connectivity index (χ1) is 6.15. The van der Waals surface area contributed by atoms with Gasteiger partial charge in [0.15, 0.2) is 0 Å². The van der Waals surface area contributed by atoms with E-state index in [1.54, 1.807) is 0 Å². The van der Waals surface area contributed by atoms with E-state index in [0.717, 1.165) is 13.0 Å². The average Bonchev–Trinajstić information content (AvgIpc) is 2.52. The van der Waals surface area contributed by atoms with Crippen LogP contribution in [0.1, 0.15) is 48.9 Å². The van der Waals surface area contributed by atoms with Gasteiger partial charge in [0.2, 0.25) is 0 Å². The van der Waals surface area contributed by atoms with E-state index in [2.05, 4.69) is 25.8 Å². The van der Waals surface area contributed by atoms with E-state index in [1.165, 1.54) is 9.88 Å². The minimum absolute atomic E-state index is 0.545. The third-order valence-electron chi connectivity index (χ3n) is 2.12. The highest BCUT2D eigenvalue weighted by Crippen LogP contribution is 2.28. The van der Waals surface area contributed by atoms with Gasteiger partial charge in [-0.1, -0.05) is 20.8 Å². The summed E-state index contributed by atoms with van der Waals surface area (Å²) in [5.41, 5.74) is 5.52. The Morgan fingerprint density at radius 1 is 1.46 bits per heavy atom. The highest BCUT2D eigenvalue weighted by atomic mass is 32.1. The predicted molar refractivity (Wildman–Crippen MR) is 58.3 cm³/mol. The number of nitrogens with zero attached hydrogens (tertiary/aromatic N) is 1. The molecule has 1 heterocycles. The first-order valence-corrected chi connectivity index (χ1v) is 5.62. The molecule has 2 nitrogen and oxygen atoms in total. The van der Waals surface area contributed by atoms with Crippen LogP contribution in [0.4, 0.5) is 0 Å². The zero-order valence-electron chi connectivity index (χ0n) is 8.58. The smallest absolute Gasteiger partial charge is 0.0953 e. The maximum Gasteiger partial charge on any atom is 0.0953 e. The van der Waals surface area contributed by atoms with Gasteiger partial charge in [-0.3, -0.25) is 0 Å². The Morgan fingerprint density at radius 3 is 2.62 bits per heavy atom. The lowest BCUT2D eigenvalue weighted by Crippen LogP contribution is -2.03. The van der Waals surface area contributed by atoms with E-state index in [9.17, 15) is 0 Å². The fourth-order valence-corrected chi connectivity index (χ4v) is 2.19. The Bertz CT molecular complexity index is 255. The fraction of sp³-hybridized carbons (Fsp3) is 0.700. The second-order valence-electron chi connectivity index (χ2n) is 3.73. The molecule has 0 saturated heterocycles. The molecule has 0 amide bonds. The first kappa shape index (κ1) is 10.7. The van der Waals surface area contributed by atoms with E-state index < -0.39 is 0 Å². The molecule has 0 bridgehead atoms. The van der Waals surface area contributed by atoms with Crippen molar-refractivity contribution in [3.63, 3.8) is 0 Å². The van der Waals surface area contributed by atoms with Gasteiger partial charge in [-0.25, -0.2) is 4.98 Å². The molecule has 0 aromatic carbocycles. The third-order valence-corrected chi connectivity index (χ3v) is 3.65. The third kappa shape index (κ3) is 2.78. The normalized spacial score (nSPS) is 13.6. The molecule has 0 aliphatic rings. The fourth-order valence-electron chi connectivity index (χ4n) is 1.19. The Morgan fingerprint density at radius 2 is 2.15 bits per heavy atom. The van der Waals surface area contributed by atoms with Crippen LogP contribution < -0.4 is 5.73 Å². The van der Waals surface area contributed by atoms with E-state index in [4.69, 9.17) is 5.73 Å². The minimum Gasteiger partial charge on any atom is -0.330 e. The number of hydrogen-bond acceptors (Lipinski definition) is 3. The lowest BCUT2D eigenvalue weighted by molar-refractivity contribution is 0.700. The molecule has 3 heteroatoms. The summed E-state index contributed by atoms with van der Waals surface area (Å²) in [6, 6.07) is 0. The molecule has 0 fully saturated rings. The second kappa shape index (κ2) is 4.72. The van der Waals surface area contributed by atoms with Crippen LogP contribution in [0.25, 0.3) is 0 Å². The first-order valence-electron chi connectivity index (χ1n) is 4.80. The van der Waals surface area contributed by atoms with Crippen LogP contribution in [0.15, 0.2) is 6.20 Å². The van der Waals surface area contributed by atoms with Gasteiger partial charge >= 0.3 is 0 Å². The largest absolute Gasteiger partial charge is 0.330 e. The second-order valence-corrected chi connectivity index (χ2v) is 4.83. The van der Waals surface area contributed by atoms with Crippen LogP contribution in [0.5, 0.6) is 0 Å². The summed E-state index contributed by atoms with van der Waals surface area (Å²) in [7, 11) is 0. The molecule has 2 N–H and O–H groups in total. The number of rotatable bonds is 4. The molecule has 0 spiro atoms. The van der Waals surface area contributed by atoms with Gasteiger partial charge in [0, 0.05) is 17.0 Å². The summed E-state index contributed by atoms with van der Waals surface area (Å²) in [6.45, 7) is 7.33. The van der Waals surface area contributed by atoms with Gasteiger partial charge in [0.05, 0.1) is 5.01 Å². The van der Waals surface area contributed by atoms with Gasteiger partial charge in [-0.2, -0.15) is 0 Å². The monoisotopic (exact) mass is 198 g/mol. The maximum absolute atomic E-state index is 5.52. The van der Waals surface area contributed by atoms with Crippen molar-refractivity contribution in [3.8, 4) is 0 Å². The van der Waals surface area contributed by atoms with Crippen LogP contribution >= 0.6 is 11.3 Å². The summed E-state index contributed by atoms with van der Waals surface area (Å²) in [6.07, 6.45) is 3.06. The standard InChI is InChI=1S/C10H18N2S/c1-7(2)10-12-6-9(13-10)8(3)4-5-11/h6-8H,4-5,11H2,1-3H3. The van der Waals surface area contributed by atoms with E-state index in [-0.39, 0.29) is 0 Å². The van der Waals surface area contributed by atoms with Gasteiger partial charge < -0.3 is 5.73 Å². The summed E-state index contributed by atoms with van der Waals surface area (Å²) in [5, 5.41) is 1.24. The van der Waals surface area contributed by atoms with Gasteiger partial charge in [0.25, 0.3) is 0 Å². The van der Waals surface area contributed by atoms with Crippen molar-refractivity contribution in [1.82, 2.24) is 4.98 Å². The number of hydrogen-bond donors (Lipinski definition) is 1. The van der Waals surface area contributed by atoms with Crippen molar-refractivity contribution in [3.05, 3.63) is 16.1 Å². The topological polar surface area (TPSA) is 38.9 Å². The molecule has 0 aliphatic heterocycles. The summed E-state index contributed by atoms with van der Waals surface area (Å²) >= 11 is 1.82. The lowest BCUT2D eigenvalue weighted by atomic mass is 10.1. The van der Waals surface area contributed by atoms with E-state index in [0.29, 0.717) is 11.8 Å². The molecule has 74 valence electrons.